The van der Waals surface area contributed by atoms with Gasteiger partial charge in [0.25, 0.3) is 0 Å². The Morgan fingerprint density at radius 1 is 0.607 bits per heavy atom. The molecule has 0 rings (SSSR count). The Balaban J connectivity index is 3.85. The number of alkyl halides is 1. The van der Waals surface area contributed by atoms with Crippen LogP contribution in [-0.2, 0) is 9.47 Å². The highest BCUT2D eigenvalue weighted by atomic mass is 79.9. The van der Waals surface area contributed by atoms with Crippen LogP contribution in [0.2, 0.25) is 0 Å². The Hall–Kier alpha value is -0.0400. The molecule has 0 fully saturated rings. The van der Waals surface area contributed by atoms with Gasteiger partial charge in [0.1, 0.15) is 0 Å². The highest BCUT2D eigenvalue weighted by molar-refractivity contribution is 9.09. The minimum atomic E-state index is 0.00219. The lowest BCUT2D eigenvalue weighted by Crippen LogP contribution is -2.19. The second-order valence-electron chi connectivity index (χ2n) is 7.74. The van der Waals surface area contributed by atoms with Crippen molar-refractivity contribution < 1.29 is 9.47 Å². The molecule has 0 aromatic rings. The number of hydrogen-bond donors (Lipinski definition) is 0. The van der Waals surface area contributed by atoms with Crippen LogP contribution in [0.3, 0.4) is 0 Å². The number of halogens is 1. The van der Waals surface area contributed by atoms with Gasteiger partial charge >= 0.3 is 0 Å². The summed E-state index contributed by atoms with van der Waals surface area (Å²) in [5, 5.41) is 1.06. The summed E-state index contributed by atoms with van der Waals surface area (Å²) in [6.07, 6.45) is 20.7. The number of unbranched alkanes of at least 4 members (excludes halogenated alkanes) is 12. The Morgan fingerprint density at radius 2 is 1.11 bits per heavy atom. The van der Waals surface area contributed by atoms with E-state index in [9.17, 15) is 0 Å². The van der Waals surface area contributed by atoms with Crippen molar-refractivity contribution >= 4 is 15.9 Å². The van der Waals surface area contributed by atoms with Crippen molar-refractivity contribution in [2.75, 3.05) is 18.5 Å². The van der Waals surface area contributed by atoms with Gasteiger partial charge < -0.3 is 9.47 Å². The van der Waals surface area contributed by atoms with E-state index in [4.69, 9.17) is 9.47 Å². The minimum absolute atomic E-state index is 0.00219. The summed E-state index contributed by atoms with van der Waals surface area (Å²) in [5.41, 5.74) is 0. The summed E-state index contributed by atoms with van der Waals surface area (Å²) in [4.78, 5) is 0. The van der Waals surface area contributed by atoms with E-state index >= 15 is 0 Å². The van der Waals surface area contributed by atoms with Crippen LogP contribution in [0.5, 0.6) is 0 Å². The van der Waals surface area contributed by atoms with Crippen LogP contribution in [0.25, 0.3) is 0 Å². The molecule has 0 unspecified atom stereocenters. The Bertz CT molecular complexity index is 332. The summed E-state index contributed by atoms with van der Waals surface area (Å²) < 4.78 is 12.1. The summed E-state index contributed by atoms with van der Waals surface area (Å²) in [6.45, 7) is 6.22. The molecule has 0 heterocycles. The Morgan fingerprint density at radius 3 is 1.64 bits per heavy atom. The fourth-order valence-corrected chi connectivity index (χ4v) is 3.37. The lowest BCUT2D eigenvalue weighted by Gasteiger charge is -2.19. The van der Waals surface area contributed by atoms with E-state index < -0.39 is 0 Å². The maximum absolute atomic E-state index is 6.07. The molecular formula is C25H47BrO2. The number of hydrogen-bond acceptors (Lipinski definition) is 2. The lowest BCUT2D eigenvalue weighted by atomic mass is 10.1. The molecule has 0 aromatic carbocycles. The van der Waals surface area contributed by atoms with E-state index in [0.717, 1.165) is 44.2 Å². The van der Waals surface area contributed by atoms with Crippen molar-refractivity contribution in [1.82, 2.24) is 0 Å². The first-order chi connectivity index (χ1) is 13.8. The van der Waals surface area contributed by atoms with Crippen LogP contribution < -0.4 is 0 Å². The molecule has 28 heavy (non-hydrogen) atoms. The minimum Gasteiger partial charge on any atom is -0.353 e. The summed E-state index contributed by atoms with van der Waals surface area (Å²) >= 11 is 3.44. The quantitative estimate of drug-likeness (QED) is 0.0742. The lowest BCUT2D eigenvalue weighted by molar-refractivity contribution is -0.148. The highest BCUT2D eigenvalue weighted by Gasteiger charge is 2.09. The molecule has 0 aliphatic heterocycles. The predicted octanol–water partition coefficient (Wildman–Crippen LogP) is 8.42. The van der Waals surface area contributed by atoms with Crippen LogP contribution in [0.15, 0.2) is 0 Å². The topological polar surface area (TPSA) is 18.5 Å². The van der Waals surface area contributed by atoms with Gasteiger partial charge in [-0.05, 0) is 38.5 Å². The normalized spacial score (nSPS) is 11.0. The Labute approximate surface area is 185 Å². The molecule has 0 N–H and O–H groups in total. The van der Waals surface area contributed by atoms with Gasteiger partial charge in [-0.15, -0.1) is 11.8 Å². The van der Waals surface area contributed by atoms with Gasteiger partial charge in [0.05, 0.1) is 0 Å². The zero-order chi connectivity index (χ0) is 20.5. The second kappa shape index (κ2) is 25.0. The molecule has 0 amide bonds. The van der Waals surface area contributed by atoms with Crippen molar-refractivity contribution in [3.63, 3.8) is 0 Å². The van der Waals surface area contributed by atoms with Crippen molar-refractivity contribution in [2.45, 2.75) is 129 Å². The van der Waals surface area contributed by atoms with Crippen molar-refractivity contribution in [2.24, 2.45) is 0 Å². The molecule has 3 heteroatoms. The first-order valence-electron chi connectivity index (χ1n) is 12.1. The van der Waals surface area contributed by atoms with Crippen molar-refractivity contribution in [3.05, 3.63) is 0 Å². The third-order valence-electron chi connectivity index (χ3n) is 4.91. The first kappa shape index (κ1) is 28.0. The van der Waals surface area contributed by atoms with Crippen LogP contribution >= 0.6 is 15.9 Å². The maximum Gasteiger partial charge on any atom is 0.157 e. The van der Waals surface area contributed by atoms with Gasteiger partial charge in [0.2, 0.25) is 0 Å². The smallest absolute Gasteiger partial charge is 0.157 e. The zero-order valence-corrected chi connectivity index (χ0v) is 20.5. The molecule has 0 spiro atoms. The molecule has 0 saturated heterocycles. The molecule has 0 aliphatic rings. The predicted molar refractivity (Wildman–Crippen MR) is 127 cm³/mol. The van der Waals surface area contributed by atoms with E-state index in [-0.39, 0.29) is 6.29 Å². The van der Waals surface area contributed by atoms with Gasteiger partial charge in [-0.2, -0.15) is 0 Å². The van der Waals surface area contributed by atoms with E-state index in [1.165, 1.54) is 83.5 Å². The fraction of sp³-hybridized carbons (Fsp3) is 0.920. The van der Waals surface area contributed by atoms with Crippen LogP contribution in [0.1, 0.15) is 123 Å². The second-order valence-corrected chi connectivity index (χ2v) is 8.54. The summed E-state index contributed by atoms with van der Waals surface area (Å²) in [5.74, 6) is 6.55. The monoisotopic (exact) mass is 458 g/mol. The molecule has 0 aliphatic carbocycles. The molecule has 0 bridgehead atoms. The molecule has 0 aromatic heterocycles. The van der Waals surface area contributed by atoms with Crippen LogP contribution in [0.4, 0.5) is 0 Å². The third-order valence-corrected chi connectivity index (χ3v) is 5.47. The standard InChI is InChI=1S/C25H47BrO2/c1-3-5-7-15-19-23-27-25(28-24-20-16-8-6-4-2)21-17-13-11-9-10-12-14-18-22-26/h25H,3-9,11,13-24H2,1-2H3. The van der Waals surface area contributed by atoms with Gasteiger partial charge in [-0.1, -0.05) is 87.6 Å². The first-order valence-corrected chi connectivity index (χ1v) is 13.2. The van der Waals surface area contributed by atoms with Gasteiger partial charge in [-0.3, -0.25) is 0 Å². The van der Waals surface area contributed by atoms with E-state index in [2.05, 4.69) is 41.6 Å². The summed E-state index contributed by atoms with van der Waals surface area (Å²) in [7, 11) is 0. The van der Waals surface area contributed by atoms with Crippen LogP contribution in [0, 0.1) is 11.8 Å². The van der Waals surface area contributed by atoms with Crippen LogP contribution in [-0.4, -0.2) is 24.8 Å². The maximum atomic E-state index is 6.07. The van der Waals surface area contributed by atoms with E-state index in [1.807, 2.05) is 0 Å². The van der Waals surface area contributed by atoms with Crippen molar-refractivity contribution in [3.8, 4) is 11.8 Å². The number of ether oxygens (including phenoxy) is 2. The summed E-state index contributed by atoms with van der Waals surface area (Å²) in [6, 6.07) is 0. The largest absolute Gasteiger partial charge is 0.353 e. The molecule has 2 nitrogen and oxygen atoms in total. The zero-order valence-electron chi connectivity index (χ0n) is 18.9. The SMILES string of the molecule is CCCCCCCOC(CCCCCC#CCCCBr)OCCCCCCC. The van der Waals surface area contributed by atoms with E-state index in [0.29, 0.717) is 0 Å². The highest BCUT2D eigenvalue weighted by Crippen LogP contribution is 2.13. The fourth-order valence-electron chi connectivity index (χ4n) is 3.09. The molecule has 0 saturated carbocycles. The Kier molecular flexibility index (Phi) is 25.0. The van der Waals surface area contributed by atoms with E-state index in [1.54, 1.807) is 0 Å². The molecule has 166 valence electrons. The molecule has 0 atom stereocenters. The molecular weight excluding hydrogens is 412 g/mol. The average molecular weight is 460 g/mol. The van der Waals surface area contributed by atoms with Gasteiger partial charge in [0.15, 0.2) is 6.29 Å². The number of rotatable bonds is 21. The average Bonchev–Trinajstić information content (AvgIpc) is 2.71. The van der Waals surface area contributed by atoms with Gasteiger partial charge in [0, 0.05) is 31.4 Å². The van der Waals surface area contributed by atoms with Gasteiger partial charge in [-0.25, -0.2) is 0 Å². The third kappa shape index (κ3) is 22.3. The molecule has 0 radical (unpaired) electrons. The van der Waals surface area contributed by atoms with Crippen molar-refractivity contribution in [1.29, 1.82) is 0 Å².